The monoisotopic (exact) mass is 382 g/mol. The number of anilines is 1. The molecule has 1 saturated heterocycles. The van der Waals surface area contributed by atoms with E-state index in [1.807, 2.05) is 12.1 Å². The van der Waals surface area contributed by atoms with Gasteiger partial charge in [0.25, 0.3) is 0 Å². The van der Waals surface area contributed by atoms with Crippen LogP contribution in [0, 0.1) is 5.82 Å². The molecule has 3 heterocycles. The summed E-state index contributed by atoms with van der Waals surface area (Å²) < 4.78 is 21.7. The van der Waals surface area contributed by atoms with Crippen molar-refractivity contribution in [2.75, 3.05) is 18.0 Å². The van der Waals surface area contributed by atoms with Gasteiger partial charge in [0.15, 0.2) is 0 Å². The molecule has 8 heteroatoms. The van der Waals surface area contributed by atoms with Crippen LogP contribution in [-0.2, 0) is 9.53 Å². The Labute approximate surface area is 160 Å². The predicted molar refractivity (Wildman–Crippen MR) is 102 cm³/mol. The molecule has 0 spiro atoms. The van der Waals surface area contributed by atoms with Crippen LogP contribution in [0.25, 0.3) is 16.6 Å². The Hall–Kier alpha value is -3.42. The highest BCUT2D eigenvalue weighted by Crippen LogP contribution is 2.26. The molecule has 0 saturated carbocycles. The number of ether oxygens (including phenoxy) is 1. The Kier molecular flexibility index (Phi) is 4.68. The highest BCUT2D eigenvalue weighted by atomic mass is 19.1. The van der Waals surface area contributed by atoms with Crippen LogP contribution in [0.1, 0.15) is 13.3 Å². The Bertz CT molecular complexity index is 1020. The maximum atomic E-state index is 14.8. The number of carbonyl (C=O) groups excluding carboxylic acids is 2. The number of rotatable bonds is 5. The lowest BCUT2D eigenvalue weighted by Crippen LogP contribution is -2.34. The molecule has 7 nitrogen and oxygen atoms in total. The standard InChI is InChI=1S/C20H19FN4O3/c1-2-19(26)23-9-15-11-25(20(27)28-15)14-5-6-18(16(21)8-14)24-10-13-4-3-7-22-17(13)12-24/h3-8,10,12,15H,2,9,11H2,1H3,(H,23,26)/t15-/m0/s1. The summed E-state index contributed by atoms with van der Waals surface area (Å²) in [4.78, 5) is 29.1. The zero-order valence-electron chi connectivity index (χ0n) is 15.3. The summed E-state index contributed by atoms with van der Waals surface area (Å²) in [6.45, 7) is 2.23. The first-order valence-corrected chi connectivity index (χ1v) is 9.02. The summed E-state index contributed by atoms with van der Waals surface area (Å²) in [6, 6.07) is 8.32. The molecular formula is C20H19FN4O3. The van der Waals surface area contributed by atoms with Crippen LogP contribution < -0.4 is 10.2 Å². The van der Waals surface area contributed by atoms with Crippen LogP contribution in [0.15, 0.2) is 48.9 Å². The number of pyridine rings is 1. The van der Waals surface area contributed by atoms with E-state index >= 15 is 0 Å². The van der Waals surface area contributed by atoms with Gasteiger partial charge in [0.05, 0.1) is 30.0 Å². The van der Waals surface area contributed by atoms with Gasteiger partial charge in [-0.1, -0.05) is 6.92 Å². The summed E-state index contributed by atoms with van der Waals surface area (Å²) in [6.07, 6.45) is 4.58. The molecule has 0 unspecified atom stereocenters. The fourth-order valence-electron chi connectivity index (χ4n) is 3.17. The fourth-order valence-corrected chi connectivity index (χ4v) is 3.17. The number of cyclic esters (lactones) is 1. The highest BCUT2D eigenvalue weighted by molar-refractivity contribution is 5.90. The molecule has 1 aliphatic heterocycles. The van der Waals surface area contributed by atoms with Gasteiger partial charge in [-0.2, -0.15) is 0 Å². The second-order valence-electron chi connectivity index (χ2n) is 6.55. The van der Waals surface area contributed by atoms with Gasteiger partial charge in [0.1, 0.15) is 11.9 Å². The van der Waals surface area contributed by atoms with Gasteiger partial charge in [0, 0.05) is 30.4 Å². The van der Waals surface area contributed by atoms with Crippen LogP contribution in [-0.4, -0.2) is 40.7 Å². The average Bonchev–Trinajstić information content (AvgIpc) is 3.29. The lowest BCUT2D eigenvalue weighted by atomic mass is 10.2. The van der Waals surface area contributed by atoms with E-state index < -0.39 is 18.0 Å². The first-order chi connectivity index (χ1) is 13.5. The van der Waals surface area contributed by atoms with E-state index in [0.29, 0.717) is 17.8 Å². The second-order valence-corrected chi connectivity index (χ2v) is 6.55. The van der Waals surface area contributed by atoms with Gasteiger partial charge < -0.3 is 14.6 Å². The quantitative estimate of drug-likeness (QED) is 0.736. The molecule has 1 fully saturated rings. The van der Waals surface area contributed by atoms with Crippen molar-refractivity contribution in [3.8, 4) is 5.69 Å². The number of hydrogen-bond donors (Lipinski definition) is 1. The molecule has 1 N–H and O–H groups in total. The summed E-state index contributed by atoms with van der Waals surface area (Å²) in [7, 11) is 0. The Morgan fingerprint density at radius 3 is 2.96 bits per heavy atom. The minimum Gasteiger partial charge on any atom is -0.442 e. The number of nitrogens with zero attached hydrogens (tertiary/aromatic N) is 3. The van der Waals surface area contributed by atoms with Crippen molar-refractivity contribution in [2.45, 2.75) is 19.4 Å². The normalized spacial score (nSPS) is 16.4. The lowest BCUT2D eigenvalue weighted by Gasteiger charge is -2.14. The second kappa shape index (κ2) is 7.30. The van der Waals surface area contributed by atoms with E-state index in [1.165, 1.54) is 11.0 Å². The molecule has 0 radical (unpaired) electrons. The van der Waals surface area contributed by atoms with Crippen LogP contribution in [0.5, 0.6) is 0 Å². The number of fused-ring (bicyclic) bond motifs is 1. The third kappa shape index (κ3) is 3.40. The summed E-state index contributed by atoms with van der Waals surface area (Å²) in [5, 5.41) is 3.60. The topological polar surface area (TPSA) is 76.5 Å². The largest absolute Gasteiger partial charge is 0.442 e. The van der Waals surface area contributed by atoms with Crippen molar-refractivity contribution in [1.82, 2.24) is 14.9 Å². The van der Waals surface area contributed by atoms with Crippen LogP contribution in [0.3, 0.4) is 0 Å². The van der Waals surface area contributed by atoms with Gasteiger partial charge >= 0.3 is 6.09 Å². The van der Waals surface area contributed by atoms with E-state index in [-0.39, 0.29) is 19.0 Å². The molecule has 4 rings (SSSR count). The first kappa shape index (κ1) is 18.0. The SMILES string of the molecule is CCC(=O)NC[C@H]1CN(c2ccc(-n3cc4cccnc4c3)c(F)c2)C(=O)O1. The summed E-state index contributed by atoms with van der Waals surface area (Å²) in [5.74, 6) is -0.577. The predicted octanol–water partition coefficient (Wildman–Crippen LogP) is 3.02. The molecule has 144 valence electrons. The third-order valence-electron chi connectivity index (χ3n) is 4.65. The molecule has 0 bridgehead atoms. The molecule has 0 aliphatic carbocycles. The Balaban J connectivity index is 1.53. The summed E-state index contributed by atoms with van der Waals surface area (Å²) >= 11 is 0. The molecule has 1 aromatic carbocycles. The van der Waals surface area contributed by atoms with Crippen LogP contribution in [0.4, 0.5) is 14.9 Å². The highest BCUT2D eigenvalue weighted by Gasteiger charge is 2.32. The van der Waals surface area contributed by atoms with Gasteiger partial charge in [-0.3, -0.25) is 14.7 Å². The zero-order chi connectivity index (χ0) is 19.7. The van der Waals surface area contributed by atoms with Crippen molar-refractivity contribution in [3.63, 3.8) is 0 Å². The first-order valence-electron chi connectivity index (χ1n) is 9.02. The number of amides is 2. The van der Waals surface area contributed by atoms with Crippen molar-refractivity contribution >= 4 is 28.6 Å². The number of benzene rings is 1. The average molecular weight is 382 g/mol. The van der Waals surface area contributed by atoms with Crippen molar-refractivity contribution in [3.05, 3.63) is 54.7 Å². The zero-order valence-corrected chi connectivity index (χ0v) is 15.3. The van der Waals surface area contributed by atoms with Crippen LogP contribution in [0.2, 0.25) is 0 Å². The third-order valence-corrected chi connectivity index (χ3v) is 4.65. The number of carbonyl (C=O) groups is 2. The minimum atomic E-state index is -0.557. The molecule has 2 aromatic heterocycles. The molecule has 2 amide bonds. The van der Waals surface area contributed by atoms with Gasteiger partial charge in [-0.25, -0.2) is 9.18 Å². The Morgan fingerprint density at radius 1 is 1.36 bits per heavy atom. The van der Waals surface area contributed by atoms with E-state index in [2.05, 4.69) is 10.3 Å². The molecule has 1 atom stereocenters. The van der Waals surface area contributed by atoms with E-state index in [0.717, 1.165) is 10.9 Å². The van der Waals surface area contributed by atoms with E-state index in [4.69, 9.17) is 4.74 Å². The number of nitrogens with one attached hydrogen (secondary N) is 1. The van der Waals surface area contributed by atoms with E-state index in [9.17, 15) is 14.0 Å². The van der Waals surface area contributed by atoms with Gasteiger partial charge in [-0.15, -0.1) is 0 Å². The van der Waals surface area contributed by atoms with E-state index in [1.54, 1.807) is 42.2 Å². The van der Waals surface area contributed by atoms with Crippen molar-refractivity contribution in [2.24, 2.45) is 0 Å². The smallest absolute Gasteiger partial charge is 0.414 e. The lowest BCUT2D eigenvalue weighted by molar-refractivity contribution is -0.121. The molecular weight excluding hydrogens is 363 g/mol. The summed E-state index contributed by atoms with van der Waals surface area (Å²) in [5.41, 5.74) is 1.54. The minimum absolute atomic E-state index is 0.113. The molecule has 3 aromatic rings. The number of aromatic nitrogens is 2. The van der Waals surface area contributed by atoms with Crippen LogP contribution >= 0.6 is 0 Å². The van der Waals surface area contributed by atoms with Gasteiger partial charge in [-0.05, 0) is 30.3 Å². The maximum absolute atomic E-state index is 14.8. The number of halogens is 1. The molecule has 1 aliphatic rings. The van der Waals surface area contributed by atoms with Gasteiger partial charge in [0.2, 0.25) is 5.91 Å². The van der Waals surface area contributed by atoms with Crippen molar-refractivity contribution in [1.29, 1.82) is 0 Å². The fraction of sp³-hybridized carbons (Fsp3) is 0.250. The Morgan fingerprint density at radius 2 is 2.21 bits per heavy atom. The van der Waals surface area contributed by atoms with Crippen molar-refractivity contribution < 1.29 is 18.7 Å². The molecule has 28 heavy (non-hydrogen) atoms. The maximum Gasteiger partial charge on any atom is 0.414 e. The number of hydrogen-bond acceptors (Lipinski definition) is 4.